The molecule has 198 valence electrons. The lowest BCUT2D eigenvalue weighted by atomic mass is 10.00. The first-order chi connectivity index (χ1) is 18.1. The number of amides is 1. The Labute approximate surface area is 215 Å². The Kier molecular flexibility index (Phi) is 7.91. The van der Waals surface area contributed by atoms with Gasteiger partial charge in [0.25, 0.3) is 5.92 Å². The van der Waals surface area contributed by atoms with Crippen LogP contribution < -0.4 is 11.0 Å². The zero-order valence-electron chi connectivity index (χ0n) is 20.1. The van der Waals surface area contributed by atoms with Crippen LogP contribution in [-0.4, -0.2) is 52.1 Å². The standard InChI is InChI=1S/C26H23F2N3O7/c1-16(32)29-21-12-13-31(25(35)30-21)24-26(27,28)14-19(37-23(34)18-10-6-3-7-11-18)20(38-24)15-36-22(33)17-8-4-2-5-9-17/h2-13,19-20,24H,14-15H2,1H3,(H,29,30,32,35)/t19-,20+,24+/m0/s1. The van der Waals surface area contributed by atoms with Crippen LogP contribution in [-0.2, 0) is 19.0 Å². The van der Waals surface area contributed by atoms with Crippen LogP contribution in [0.4, 0.5) is 14.6 Å². The van der Waals surface area contributed by atoms with Crippen molar-refractivity contribution in [2.24, 2.45) is 0 Å². The van der Waals surface area contributed by atoms with Gasteiger partial charge in [0.05, 0.1) is 17.5 Å². The summed E-state index contributed by atoms with van der Waals surface area (Å²) >= 11 is 0. The molecule has 0 aliphatic carbocycles. The largest absolute Gasteiger partial charge is 0.459 e. The van der Waals surface area contributed by atoms with Crippen molar-refractivity contribution in [2.45, 2.75) is 37.7 Å². The lowest BCUT2D eigenvalue weighted by Crippen LogP contribution is -2.53. The van der Waals surface area contributed by atoms with Crippen molar-refractivity contribution in [1.29, 1.82) is 0 Å². The Morgan fingerprint density at radius 3 is 2.21 bits per heavy atom. The summed E-state index contributed by atoms with van der Waals surface area (Å²) < 4.78 is 47.4. The average Bonchev–Trinajstić information content (AvgIpc) is 2.89. The number of hydrogen-bond acceptors (Lipinski definition) is 8. The third-order valence-electron chi connectivity index (χ3n) is 5.60. The van der Waals surface area contributed by atoms with E-state index in [1.54, 1.807) is 36.4 Å². The summed E-state index contributed by atoms with van der Waals surface area (Å²) in [6.07, 6.45) is -5.03. The fraction of sp³-hybridized carbons (Fsp3) is 0.269. The smallest absolute Gasteiger partial charge is 0.351 e. The van der Waals surface area contributed by atoms with Gasteiger partial charge in [0.1, 0.15) is 24.6 Å². The number of carbonyl (C=O) groups excluding carboxylic acids is 3. The molecule has 0 saturated carbocycles. The SMILES string of the molecule is CC(=O)Nc1ccn([C@@H]2O[C@H](COC(=O)c3ccccc3)[C@@H](OC(=O)c3ccccc3)CC2(F)F)c(=O)n1. The minimum Gasteiger partial charge on any atom is -0.459 e. The number of halogens is 2. The number of benzene rings is 2. The fourth-order valence-electron chi connectivity index (χ4n) is 3.82. The molecule has 1 aliphatic rings. The lowest BCUT2D eigenvalue weighted by molar-refractivity contribution is -0.268. The lowest BCUT2D eigenvalue weighted by Gasteiger charge is -2.40. The van der Waals surface area contributed by atoms with Crippen LogP contribution in [0.2, 0.25) is 0 Å². The molecule has 2 heterocycles. The molecule has 1 aliphatic heterocycles. The Hall–Kier alpha value is -4.45. The highest BCUT2D eigenvalue weighted by molar-refractivity contribution is 5.90. The highest BCUT2D eigenvalue weighted by Gasteiger charge is 2.53. The second kappa shape index (κ2) is 11.3. The van der Waals surface area contributed by atoms with Crippen LogP contribution >= 0.6 is 0 Å². The van der Waals surface area contributed by atoms with Crippen LogP contribution in [0, 0.1) is 0 Å². The fourth-order valence-corrected chi connectivity index (χ4v) is 3.82. The van der Waals surface area contributed by atoms with Crippen LogP contribution in [0.1, 0.15) is 40.3 Å². The summed E-state index contributed by atoms with van der Waals surface area (Å²) in [4.78, 5) is 52.4. The molecule has 0 bridgehead atoms. The molecule has 3 aromatic rings. The number of hydrogen-bond donors (Lipinski definition) is 1. The molecule has 1 amide bonds. The number of nitrogens with zero attached hydrogens (tertiary/aromatic N) is 2. The van der Waals surface area contributed by atoms with E-state index in [-0.39, 0.29) is 16.9 Å². The molecule has 4 rings (SSSR count). The third-order valence-corrected chi connectivity index (χ3v) is 5.60. The molecule has 12 heteroatoms. The second-order valence-electron chi connectivity index (χ2n) is 8.45. The van der Waals surface area contributed by atoms with E-state index in [1.165, 1.54) is 31.2 Å². The summed E-state index contributed by atoms with van der Waals surface area (Å²) in [6.45, 7) is 0.656. The van der Waals surface area contributed by atoms with E-state index in [9.17, 15) is 19.2 Å². The summed E-state index contributed by atoms with van der Waals surface area (Å²) in [6, 6.07) is 16.9. The molecule has 1 fully saturated rings. The van der Waals surface area contributed by atoms with Gasteiger partial charge in [0, 0.05) is 13.1 Å². The zero-order chi connectivity index (χ0) is 27.3. The van der Waals surface area contributed by atoms with Crippen molar-refractivity contribution >= 4 is 23.7 Å². The third kappa shape index (κ3) is 6.27. The predicted molar refractivity (Wildman–Crippen MR) is 129 cm³/mol. The van der Waals surface area contributed by atoms with Crippen LogP contribution in [0.15, 0.2) is 77.7 Å². The first-order valence-electron chi connectivity index (χ1n) is 11.5. The normalized spacial score (nSPS) is 20.2. The number of alkyl halides is 2. The van der Waals surface area contributed by atoms with Gasteiger partial charge in [-0.3, -0.25) is 9.36 Å². The molecule has 1 saturated heterocycles. The summed E-state index contributed by atoms with van der Waals surface area (Å²) in [5, 5.41) is 2.29. The highest BCUT2D eigenvalue weighted by Crippen LogP contribution is 2.41. The Morgan fingerprint density at radius 1 is 1.03 bits per heavy atom. The first-order valence-corrected chi connectivity index (χ1v) is 11.5. The van der Waals surface area contributed by atoms with E-state index in [4.69, 9.17) is 14.2 Å². The van der Waals surface area contributed by atoms with E-state index < -0.39 is 60.9 Å². The highest BCUT2D eigenvalue weighted by atomic mass is 19.3. The van der Waals surface area contributed by atoms with Gasteiger partial charge < -0.3 is 19.5 Å². The number of nitrogens with one attached hydrogen (secondary N) is 1. The van der Waals surface area contributed by atoms with Crippen LogP contribution in [0.3, 0.4) is 0 Å². The maximum Gasteiger partial charge on any atom is 0.351 e. The molecule has 0 unspecified atom stereocenters. The molecule has 10 nitrogen and oxygen atoms in total. The number of rotatable bonds is 7. The quantitative estimate of drug-likeness (QED) is 0.465. The van der Waals surface area contributed by atoms with E-state index >= 15 is 8.78 Å². The minimum atomic E-state index is -3.69. The first kappa shape index (κ1) is 26.6. The molecule has 0 radical (unpaired) electrons. The van der Waals surface area contributed by atoms with Gasteiger partial charge >= 0.3 is 17.6 Å². The van der Waals surface area contributed by atoms with Gasteiger partial charge in [-0.2, -0.15) is 4.98 Å². The van der Waals surface area contributed by atoms with Gasteiger partial charge in [-0.1, -0.05) is 36.4 Å². The zero-order valence-corrected chi connectivity index (χ0v) is 20.1. The molecule has 0 spiro atoms. The van der Waals surface area contributed by atoms with E-state index in [0.717, 1.165) is 12.3 Å². The van der Waals surface area contributed by atoms with Crippen molar-refractivity contribution in [3.05, 3.63) is 94.5 Å². The molecule has 3 atom stereocenters. The van der Waals surface area contributed by atoms with Crippen molar-refractivity contribution in [2.75, 3.05) is 11.9 Å². The van der Waals surface area contributed by atoms with Gasteiger partial charge in [-0.15, -0.1) is 0 Å². The molecule has 2 aromatic carbocycles. The number of carbonyl (C=O) groups is 3. The predicted octanol–water partition coefficient (Wildman–Crippen LogP) is 3.21. The maximum atomic E-state index is 15.3. The topological polar surface area (TPSA) is 126 Å². The molecule has 1 aromatic heterocycles. The van der Waals surface area contributed by atoms with Gasteiger partial charge in [-0.25, -0.2) is 23.2 Å². The number of anilines is 1. The van der Waals surface area contributed by atoms with Crippen molar-refractivity contribution in [1.82, 2.24) is 9.55 Å². The number of aromatic nitrogens is 2. The monoisotopic (exact) mass is 527 g/mol. The Balaban J connectivity index is 1.59. The average molecular weight is 527 g/mol. The second-order valence-corrected chi connectivity index (χ2v) is 8.45. The van der Waals surface area contributed by atoms with Crippen molar-refractivity contribution in [3.8, 4) is 0 Å². The summed E-state index contributed by atoms with van der Waals surface area (Å²) in [5.74, 6) is -5.93. The van der Waals surface area contributed by atoms with Crippen molar-refractivity contribution < 1.29 is 37.4 Å². The minimum absolute atomic E-state index is 0.124. The van der Waals surface area contributed by atoms with E-state index in [1.807, 2.05) is 0 Å². The van der Waals surface area contributed by atoms with Gasteiger partial charge in [0.2, 0.25) is 12.1 Å². The van der Waals surface area contributed by atoms with Crippen LogP contribution in [0.25, 0.3) is 0 Å². The van der Waals surface area contributed by atoms with E-state index in [0.29, 0.717) is 4.57 Å². The molecular formula is C26H23F2N3O7. The maximum absolute atomic E-state index is 15.3. The Bertz CT molecular complexity index is 1370. The van der Waals surface area contributed by atoms with Crippen molar-refractivity contribution in [3.63, 3.8) is 0 Å². The van der Waals surface area contributed by atoms with Gasteiger partial charge in [-0.05, 0) is 30.3 Å². The molecule has 1 N–H and O–H groups in total. The summed E-state index contributed by atoms with van der Waals surface area (Å²) in [7, 11) is 0. The van der Waals surface area contributed by atoms with Crippen LogP contribution in [0.5, 0.6) is 0 Å². The van der Waals surface area contributed by atoms with Gasteiger partial charge in [0.15, 0.2) is 0 Å². The van der Waals surface area contributed by atoms with E-state index in [2.05, 4.69) is 10.3 Å². The molecular weight excluding hydrogens is 504 g/mol. The molecule has 38 heavy (non-hydrogen) atoms. The summed E-state index contributed by atoms with van der Waals surface area (Å²) in [5.41, 5.74) is -0.760. The number of esters is 2. The Morgan fingerprint density at radius 2 is 1.63 bits per heavy atom. The number of ether oxygens (including phenoxy) is 3.